The highest BCUT2D eigenvalue weighted by molar-refractivity contribution is 6.58. The molecule has 0 aliphatic rings. The molecule has 0 saturated carbocycles. The molecule has 0 aromatic carbocycles. The summed E-state index contributed by atoms with van der Waals surface area (Å²) in [6.45, 7) is 0.132. The molecule has 0 saturated heterocycles. The minimum atomic E-state index is -1.59. The Morgan fingerprint density at radius 2 is 2.00 bits per heavy atom. The molecule has 7 nitrogen and oxygen atoms in total. The van der Waals surface area contributed by atoms with Gasteiger partial charge in [-0.25, -0.2) is 0 Å². The topological polar surface area (TPSA) is 93.9 Å². The summed E-state index contributed by atoms with van der Waals surface area (Å²) in [4.78, 5) is 8.05. The third kappa shape index (κ3) is 3.62. The normalized spacial score (nSPS) is 10.1. The zero-order valence-electron chi connectivity index (χ0n) is 11.7. The largest absolute Gasteiger partial charge is 0.493 e. The second-order valence-corrected chi connectivity index (χ2v) is 4.11. The second-order valence-electron chi connectivity index (χ2n) is 4.11. The zero-order chi connectivity index (χ0) is 15.2. The molecule has 0 radical (unpaired) electrons. The van der Waals surface area contributed by atoms with Gasteiger partial charge in [-0.05, 0) is 6.07 Å². The molecular formula is C13H15BN2O5. The lowest BCUT2D eigenvalue weighted by molar-refractivity contribution is 0.284. The molecule has 0 aliphatic carbocycles. The van der Waals surface area contributed by atoms with Crippen molar-refractivity contribution >= 4 is 12.6 Å². The van der Waals surface area contributed by atoms with Gasteiger partial charge in [0.2, 0.25) is 0 Å². The van der Waals surface area contributed by atoms with Gasteiger partial charge in [0.1, 0.15) is 18.1 Å². The summed E-state index contributed by atoms with van der Waals surface area (Å²) in [5, 5.41) is 18.2. The number of nitrogens with zero attached hydrogens (tertiary/aromatic N) is 2. The van der Waals surface area contributed by atoms with E-state index in [0.29, 0.717) is 22.9 Å². The maximum atomic E-state index is 9.10. The Labute approximate surface area is 122 Å². The first-order valence-electron chi connectivity index (χ1n) is 6.15. The summed E-state index contributed by atoms with van der Waals surface area (Å²) < 4.78 is 16.0. The van der Waals surface area contributed by atoms with Crippen LogP contribution in [0.1, 0.15) is 5.69 Å². The lowest BCUT2D eigenvalue weighted by Gasteiger charge is -2.12. The average Bonchev–Trinajstić information content (AvgIpc) is 2.52. The van der Waals surface area contributed by atoms with Crippen LogP contribution in [-0.4, -0.2) is 41.4 Å². The van der Waals surface area contributed by atoms with E-state index in [2.05, 4.69) is 9.97 Å². The van der Waals surface area contributed by atoms with Gasteiger partial charge in [0, 0.05) is 23.9 Å². The minimum absolute atomic E-state index is 0.132. The highest BCUT2D eigenvalue weighted by Gasteiger charge is 2.14. The van der Waals surface area contributed by atoms with E-state index in [1.54, 1.807) is 19.4 Å². The van der Waals surface area contributed by atoms with E-state index in [1.807, 2.05) is 0 Å². The van der Waals surface area contributed by atoms with Crippen LogP contribution in [-0.2, 0) is 6.61 Å². The quantitative estimate of drug-likeness (QED) is 0.709. The Kier molecular flexibility index (Phi) is 4.97. The van der Waals surface area contributed by atoms with Crippen molar-refractivity contribution in [1.82, 2.24) is 9.97 Å². The van der Waals surface area contributed by atoms with Crippen molar-refractivity contribution in [3.8, 4) is 17.2 Å². The summed E-state index contributed by atoms with van der Waals surface area (Å²) in [5.41, 5.74) is 0.810. The molecule has 2 N–H and O–H groups in total. The maximum Gasteiger partial charge on any atom is 0.490 e. The van der Waals surface area contributed by atoms with Crippen molar-refractivity contribution in [3.63, 3.8) is 0 Å². The van der Waals surface area contributed by atoms with Gasteiger partial charge in [0.25, 0.3) is 0 Å². The van der Waals surface area contributed by atoms with Crippen molar-refractivity contribution < 1.29 is 24.3 Å². The monoisotopic (exact) mass is 290 g/mol. The fraction of sp³-hybridized carbons (Fsp3) is 0.231. The summed E-state index contributed by atoms with van der Waals surface area (Å²) in [6, 6.07) is 3.18. The molecule has 21 heavy (non-hydrogen) atoms. The van der Waals surface area contributed by atoms with Crippen LogP contribution in [0.15, 0.2) is 30.7 Å². The molecule has 2 heterocycles. The SMILES string of the molecule is COc1ccnc(COc2cncc(B(O)O)c2)c1OC. The molecular weight excluding hydrogens is 275 g/mol. The van der Waals surface area contributed by atoms with E-state index in [0.717, 1.165) is 0 Å². The van der Waals surface area contributed by atoms with E-state index in [9.17, 15) is 0 Å². The van der Waals surface area contributed by atoms with Crippen LogP contribution in [0.5, 0.6) is 17.2 Å². The van der Waals surface area contributed by atoms with E-state index in [-0.39, 0.29) is 12.1 Å². The maximum absolute atomic E-state index is 9.10. The Bertz CT molecular complexity index is 609. The van der Waals surface area contributed by atoms with E-state index >= 15 is 0 Å². The molecule has 2 aromatic heterocycles. The van der Waals surface area contributed by atoms with E-state index in [4.69, 9.17) is 24.3 Å². The van der Waals surface area contributed by atoms with Crippen LogP contribution in [0.2, 0.25) is 0 Å². The van der Waals surface area contributed by atoms with Crippen LogP contribution in [0.25, 0.3) is 0 Å². The van der Waals surface area contributed by atoms with E-state index in [1.165, 1.54) is 25.6 Å². The van der Waals surface area contributed by atoms with Crippen LogP contribution in [0.3, 0.4) is 0 Å². The van der Waals surface area contributed by atoms with Gasteiger partial charge in [-0.2, -0.15) is 0 Å². The molecule has 8 heteroatoms. The van der Waals surface area contributed by atoms with Gasteiger partial charge in [0.05, 0.1) is 20.4 Å². The molecule has 0 atom stereocenters. The Morgan fingerprint density at radius 3 is 2.67 bits per heavy atom. The predicted molar refractivity (Wildman–Crippen MR) is 75.7 cm³/mol. The van der Waals surface area contributed by atoms with Crippen LogP contribution < -0.4 is 19.7 Å². The smallest absolute Gasteiger partial charge is 0.490 e. The minimum Gasteiger partial charge on any atom is -0.493 e. The van der Waals surface area contributed by atoms with Gasteiger partial charge < -0.3 is 24.3 Å². The van der Waals surface area contributed by atoms with Crippen molar-refractivity contribution in [2.75, 3.05) is 14.2 Å². The number of hydrogen-bond acceptors (Lipinski definition) is 7. The third-order valence-corrected chi connectivity index (χ3v) is 2.77. The van der Waals surface area contributed by atoms with E-state index < -0.39 is 7.12 Å². The summed E-state index contributed by atoms with van der Waals surface area (Å²) in [6.07, 6.45) is 4.41. The molecule has 110 valence electrons. The first-order valence-corrected chi connectivity index (χ1v) is 6.15. The highest BCUT2D eigenvalue weighted by Crippen LogP contribution is 2.29. The predicted octanol–water partition coefficient (Wildman–Crippen LogP) is -0.247. The van der Waals surface area contributed by atoms with Crippen LogP contribution in [0, 0.1) is 0 Å². The Morgan fingerprint density at radius 1 is 1.19 bits per heavy atom. The van der Waals surface area contributed by atoms with Gasteiger partial charge in [-0.15, -0.1) is 0 Å². The van der Waals surface area contributed by atoms with Gasteiger partial charge in [0.15, 0.2) is 11.5 Å². The second kappa shape index (κ2) is 6.91. The molecule has 0 amide bonds. The molecule has 0 spiro atoms. The highest BCUT2D eigenvalue weighted by atomic mass is 16.5. The zero-order valence-corrected chi connectivity index (χ0v) is 11.7. The lowest BCUT2D eigenvalue weighted by Crippen LogP contribution is -2.30. The van der Waals surface area contributed by atoms with Crippen LogP contribution in [0.4, 0.5) is 0 Å². The average molecular weight is 290 g/mol. The number of hydrogen-bond donors (Lipinski definition) is 2. The van der Waals surface area contributed by atoms with Crippen molar-refractivity contribution in [2.45, 2.75) is 6.61 Å². The first-order chi connectivity index (χ1) is 10.2. The Balaban J connectivity index is 2.15. The summed E-state index contributed by atoms with van der Waals surface area (Å²) >= 11 is 0. The molecule has 2 aromatic rings. The number of ether oxygens (including phenoxy) is 3. The standard InChI is InChI=1S/C13H15BN2O5/c1-19-12-3-4-16-11(13(12)20-2)8-21-10-5-9(14(17)18)6-15-7-10/h3-7,17-18H,8H2,1-2H3. The lowest BCUT2D eigenvalue weighted by atomic mass is 9.82. The summed E-state index contributed by atoms with van der Waals surface area (Å²) in [5.74, 6) is 1.45. The Hall–Kier alpha value is -2.32. The van der Waals surface area contributed by atoms with Crippen molar-refractivity contribution in [1.29, 1.82) is 0 Å². The van der Waals surface area contributed by atoms with Crippen molar-refractivity contribution in [2.24, 2.45) is 0 Å². The molecule has 0 aliphatic heterocycles. The van der Waals surface area contributed by atoms with Crippen molar-refractivity contribution in [3.05, 3.63) is 36.4 Å². The van der Waals surface area contributed by atoms with Gasteiger partial charge in [-0.1, -0.05) is 0 Å². The summed E-state index contributed by atoms with van der Waals surface area (Å²) in [7, 11) is 1.47. The molecule has 0 bridgehead atoms. The number of rotatable bonds is 6. The number of aromatic nitrogens is 2. The fourth-order valence-electron chi connectivity index (χ4n) is 1.76. The molecule has 0 unspecified atom stereocenters. The third-order valence-electron chi connectivity index (χ3n) is 2.77. The fourth-order valence-corrected chi connectivity index (χ4v) is 1.76. The number of methoxy groups -OCH3 is 2. The van der Waals surface area contributed by atoms with Gasteiger partial charge in [-0.3, -0.25) is 9.97 Å². The molecule has 2 rings (SSSR count). The first kappa shape index (κ1) is 15.1. The van der Waals surface area contributed by atoms with Gasteiger partial charge >= 0.3 is 7.12 Å². The number of pyridine rings is 2. The molecule has 0 fully saturated rings. The van der Waals surface area contributed by atoms with Crippen LogP contribution >= 0.6 is 0 Å².